The van der Waals surface area contributed by atoms with E-state index in [2.05, 4.69) is 5.32 Å². The van der Waals surface area contributed by atoms with Gasteiger partial charge >= 0.3 is 0 Å². The Bertz CT molecular complexity index is 420. The summed E-state index contributed by atoms with van der Waals surface area (Å²) < 4.78 is 5.20. The van der Waals surface area contributed by atoms with E-state index in [1.165, 1.54) is 0 Å². The van der Waals surface area contributed by atoms with Crippen LogP contribution < -0.4 is 15.8 Å². The van der Waals surface area contributed by atoms with Gasteiger partial charge in [0, 0.05) is 12.5 Å². The zero-order valence-corrected chi connectivity index (χ0v) is 10.7. The van der Waals surface area contributed by atoms with Crippen LogP contribution in [0.5, 0.6) is 5.75 Å². The van der Waals surface area contributed by atoms with Crippen LogP contribution in [0.2, 0.25) is 0 Å². The van der Waals surface area contributed by atoms with Gasteiger partial charge in [-0.2, -0.15) is 0 Å². The number of hydrogen-bond donors (Lipinski definition) is 2. The quantitative estimate of drug-likeness (QED) is 0.858. The molecule has 2 rings (SSSR count). The molecule has 1 aliphatic rings. The van der Waals surface area contributed by atoms with E-state index in [0.29, 0.717) is 18.1 Å². The third kappa shape index (κ3) is 3.01. The van der Waals surface area contributed by atoms with Crippen LogP contribution in [-0.2, 0) is 4.79 Å². The predicted octanol–water partition coefficient (Wildman–Crippen LogP) is 2.15. The highest BCUT2D eigenvalue weighted by Gasteiger charge is 2.26. The number of ether oxygens (including phenoxy) is 1. The lowest BCUT2D eigenvalue weighted by atomic mass is 10.00. The van der Waals surface area contributed by atoms with E-state index in [1.807, 2.05) is 24.3 Å². The summed E-state index contributed by atoms with van der Waals surface area (Å²) in [6.07, 6.45) is 3.72. The zero-order chi connectivity index (χ0) is 13.0. The molecule has 0 heterocycles. The van der Waals surface area contributed by atoms with Crippen molar-refractivity contribution in [2.45, 2.75) is 31.7 Å². The molecular formula is C14H20N2O2. The maximum Gasteiger partial charge on any atom is 0.224 e. The summed E-state index contributed by atoms with van der Waals surface area (Å²) in [5, 5.41) is 2.89. The standard InChI is InChI=1S/C14H20N2O2/c1-18-13-8-3-2-7-12(13)16-14(17)9-10-5-4-6-11(10)15/h2-3,7-8,10-11H,4-6,9,15H2,1H3,(H,16,17)/t10-,11+/m0/s1. The fraction of sp³-hybridized carbons (Fsp3) is 0.500. The first-order chi connectivity index (χ1) is 8.70. The summed E-state index contributed by atoms with van der Waals surface area (Å²) in [5.74, 6) is 1.02. The Kier molecular flexibility index (Phi) is 4.20. The van der Waals surface area contributed by atoms with Crippen molar-refractivity contribution >= 4 is 11.6 Å². The molecule has 0 aromatic heterocycles. The highest BCUT2D eigenvalue weighted by Crippen LogP contribution is 2.28. The molecule has 0 unspecified atom stereocenters. The van der Waals surface area contributed by atoms with Gasteiger partial charge < -0.3 is 15.8 Å². The Balaban J connectivity index is 1.94. The Morgan fingerprint density at radius 2 is 2.22 bits per heavy atom. The van der Waals surface area contributed by atoms with Crippen molar-refractivity contribution < 1.29 is 9.53 Å². The molecule has 0 radical (unpaired) electrons. The fourth-order valence-corrected chi connectivity index (χ4v) is 2.51. The van der Waals surface area contributed by atoms with Gasteiger partial charge in [-0.3, -0.25) is 4.79 Å². The molecule has 0 spiro atoms. The largest absolute Gasteiger partial charge is 0.495 e. The molecule has 18 heavy (non-hydrogen) atoms. The van der Waals surface area contributed by atoms with E-state index in [0.717, 1.165) is 24.9 Å². The van der Waals surface area contributed by atoms with Crippen molar-refractivity contribution in [1.82, 2.24) is 0 Å². The summed E-state index contributed by atoms with van der Waals surface area (Å²) in [6, 6.07) is 7.59. The second-order valence-corrected chi connectivity index (χ2v) is 4.81. The lowest BCUT2D eigenvalue weighted by Crippen LogP contribution is -2.28. The monoisotopic (exact) mass is 248 g/mol. The van der Waals surface area contributed by atoms with Gasteiger partial charge in [0.05, 0.1) is 12.8 Å². The molecule has 2 atom stereocenters. The predicted molar refractivity (Wildman–Crippen MR) is 71.6 cm³/mol. The maximum atomic E-state index is 12.0. The van der Waals surface area contributed by atoms with Crippen molar-refractivity contribution in [1.29, 1.82) is 0 Å². The SMILES string of the molecule is COc1ccccc1NC(=O)C[C@@H]1CCC[C@H]1N. The minimum atomic E-state index is 0.0156. The summed E-state index contributed by atoms with van der Waals surface area (Å²) in [5.41, 5.74) is 6.69. The molecular weight excluding hydrogens is 228 g/mol. The van der Waals surface area contributed by atoms with Crippen LogP contribution in [-0.4, -0.2) is 19.1 Å². The van der Waals surface area contributed by atoms with Gasteiger partial charge in [0.2, 0.25) is 5.91 Å². The molecule has 98 valence electrons. The Labute approximate surface area is 108 Å². The topological polar surface area (TPSA) is 64.3 Å². The summed E-state index contributed by atoms with van der Waals surface area (Å²) in [4.78, 5) is 12.0. The highest BCUT2D eigenvalue weighted by atomic mass is 16.5. The van der Waals surface area contributed by atoms with Crippen LogP contribution >= 0.6 is 0 Å². The number of hydrogen-bond acceptors (Lipinski definition) is 3. The third-order valence-corrected chi connectivity index (χ3v) is 3.55. The fourth-order valence-electron chi connectivity index (χ4n) is 2.51. The number of methoxy groups -OCH3 is 1. The van der Waals surface area contributed by atoms with Crippen LogP contribution in [0.15, 0.2) is 24.3 Å². The summed E-state index contributed by atoms with van der Waals surface area (Å²) in [6.45, 7) is 0. The minimum Gasteiger partial charge on any atom is -0.495 e. The Hall–Kier alpha value is -1.55. The van der Waals surface area contributed by atoms with Crippen LogP contribution in [0.1, 0.15) is 25.7 Å². The zero-order valence-electron chi connectivity index (χ0n) is 10.7. The number of anilines is 1. The second kappa shape index (κ2) is 5.87. The lowest BCUT2D eigenvalue weighted by molar-refractivity contribution is -0.117. The normalized spacial score (nSPS) is 22.8. The first kappa shape index (κ1) is 12.9. The van der Waals surface area contributed by atoms with Crippen LogP contribution in [0, 0.1) is 5.92 Å². The molecule has 1 aliphatic carbocycles. The van der Waals surface area contributed by atoms with Gasteiger partial charge in [-0.25, -0.2) is 0 Å². The van der Waals surface area contributed by atoms with Gasteiger partial charge in [0.1, 0.15) is 5.75 Å². The Morgan fingerprint density at radius 3 is 2.89 bits per heavy atom. The number of carbonyl (C=O) groups is 1. The van der Waals surface area contributed by atoms with Crippen molar-refractivity contribution in [3.8, 4) is 5.75 Å². The summed E-state index contributed by atoms with van der Waals surface area (Å²) in [7, 11) is 1.60. The molecule has 1 saturated carbocycles. The van der Waals surface area contributed by atoms with Gasteiger partial charge in [0.25, 0.3) is 0 Å². The van der Waals surface area contributed by atoms with E-state index in [4.69, 9.17) is 10.5 Å². The average Bonchev–Trinajstić information content (AvgIpc) is 2.75. The van der Waals surface area contributed by atoms with Crippen molar-refractivity contribution in [3.05, 3.63) is 24.3 Å². The molecule has 1 aromatic rings. The van der Waals surface area contributed by atoms with Crippen molar-refractivity contribution in [2.75, 3.05) is 12.4 Å². The molecule has 0 saturated heterocycles. The highest BCUT2D eigenvalue weighted by molar-refractivity contribution is 5.92. The van der Waals surface area contributed by atoms with Crippen molar-refractivity contribution in [3.63, 3.8) is 0 Å². The number of benzene rings is 1. The smallest absolute Gasteiger partial charge is 0.224 e. The molecule has 1 amide bonds. The van der Waals surface area contributed by atoms with Gasteiger partial charge in [-0.1, -0.05) is 18.6 Å². The molecule has 4 heteroatoms. The molecule has 3 N–H and O–H groups in total. The molecule has 1 aromatic carbocycles. The first-order valence-electron chi connectivity index (χ1n) is 6.39. The second-order valence-electron chi connectivity index (χ2n) is 4.81. The van der Waals surface area contributed by atoms with Gasteiger partial charge in [-0.15, -0.1) is 0 Å². The number of para-hydroxylation sites is 2. The van der Waals surface area contributed by atoms with E-state index in [-0.39, 0.29) is 11.9 Å². The lowest BCUT2D eigenvalue weighted by Gasteiger charge is -2.15. The number of amides is 1. The van der Waals surface area contributed by atoms with Gasteiger partial charge in [0.15, 0.2) is 0 Å². The first-order valence-corrected chi connectivity index (χ1v) is 6.39. The van der Waals surface area contributed by atoms with E-state index >= 15 is 0 Å². The van der Waals surface area contributed by atoms with E-state index in [1.54, 1.807) is 7.11 Å². The third-order valence-electron chi connectivity index (χ3n) is 3.55. The minimum absolute atomic E-state index is 0.0156. The van der Waals surface area contributed by atoms with E-state index < -0.39 is 0 Å². The number of carbonyl (C=O) groups excluding carboxylic acids is 1. The number of rotatable bonds is 4. The molecule has 4 nitrogen and oxygen atoms in total. The molecule has 1 fully saturated rings. The number of nitrogens with one attached hydrogen (secondary N) is 1. The van der Waals surface area contributed by atoms with Crippen LogP contribution in [0.3, 0.4) is 0 Å². The van der Waals surface area contributed by atoms with Crippen LogP contribution in [0.25, 0.3) is 0 Å². The van der Waals surface area contributed by atoms with Crippen LogP contribution in [0.4, 0.5) is 5.69 Å². The average molecular weight is 248 g/mol. The summed E-state index contributed by atoms with van der Waals surface area (Å²) >= 11 is 0. The maximum absolute atomic E-state index is 12.0. The number of nitrogens with two attached hydrogens (primary N) is 1. The molecule has 0 aliphatic heterocycles. The molecule has 0 bridgehead atoms. The Morgan fingerprint density at radius 1 is 1.44 bits per heavy atom. The van der Waals surface area contributed by atoms with Crippen molar-refractivity contribution in [2.24, 2.45) is 11.7 Å². The van der Waals surface area contributed by atoms with E-state index in [9.17, 15) is 4.79 Å². The van der Waals surface area contributed by atoms with Gasteiger partial charge in [-0.05, 0) is 30.9 Å².